The third-order valence-electron chi connectivity index (χ3n) is 4.35. The first-order valence-electron chi connectivity index (χ1n) is 8.11. The number of methoxy groups -OCH3 is 1. The molecule has 2 amide bonds. The lowest BCUT2D eigenvalue weighted by atomic mass is 9.95. The van der Waals surface area contributed by atoms with Crippen molar-refractivity contribution in [2.24, 2.45) is 11.7 Å². The minimum atomic E-state index is -0.242. The summed E-state index contributed by atoms with van der Waals surface area (Å²) in [6.07, 6.45) is 1.39. The molecule has 1 atom stereocenters. The van der Waals surface area contributed by atoms with Gasteiger partial charge in [-0.1, -0.05) is 12.1 Å². The summed E-state index contributed by atoms with van der Waals surface area (Å²) in [5, 5.41) is 2.95. The van der Waals surface area contributed by atoms with Gasteiger partial charge in [0.15, 0.2) is 0 Å². The summed E-state index contributed by atoms with van der Waals surface area (Å²) in [5.41, 5.74) is 6.33. The van der Waals surface area contributed by atoms with Crippen LogP contribution in [0.1, 0.15) is 19.3 Å². The van der Waals surface area contributed by atoms with Crippen LogP contribution in [0.25, 0.3) is 0 Å². The Kier molecular flexibility index (Phi) is 7.20. The number of carbonyl (C=O) groups excluding carboxylic acids is 2. The smallest absolute Gasteiger partial charge is 0.227 e. The molecule has 1 heterocycles. The third kappa shape index (κ3) is 5.03. The average Bonchev–Trinajstić information content (AvgIpc) is 2.61. The van der Waals surface area contributed by atoms with Crippen LogP contribution >= 0.6 is 15.9 Å². The zero-order valence-electron chi connectivity index (χ0n) is 13.8. The summed E-state index contributed by atoms with van der Waals surface area (Å²) in [6.45, 7) is 1.51. The van der Waals surface area contributed by atoms with Crippen molar-refractivity contribution in [1.82, 2.24) is 4.90 Å². The molecule has 7 heteroatoms. The van der Waals surface area contributed by atoms with Crippen LogP contribution in [-0.4, -0.2) is 49.6 Å². The van der Waals surface area contributed by atoms with Gasteiger partial charge in [0.1, 0.15) is 0 Å². The first-order valence-corrected chi connectivity index (χ1v) is 8.90. The summed E-state index contributed by atoms with van der Waals surface area (Å²) < 4.78 is 6.02. The van der Waals surface area contributed by atoms with Gasteiger partial charge >= 0.3 is 0 Å². The second-order valence-electron chi connectivity index (χ2n) is 5.92. The van der Waals surface area contributed by atoms with E-state index in [0.29, 0.717) is 38.9 Å². The van der Waals surface area contributed by atoms with Crippen LogP contribution in [0.5, 0.6) is 0 Å². The number of halogens is 1. The van der Waals surface area contributed by atoms with Gasteiger partial charge in [0.25, 0.3) is 0 Å². The minimum Gasteiger partial charge on any atom is -0.380 e. The van der Waals surface area contributed by atoms with E-state index in [2.05, 4.69) is 21.2 Å². The van der Waals surface area contributed by atoms with Gasteiger partial charge in [-0.15, -0.1) is 0 Å². The van der Waals surface area contributed by atoms with E-state index in [4.69, 9.17) is 10.5 Å². The molecule has 1 saturated heterocycles. The maximum absolute atomic E-state index is 12.4. The molecule has 0 aliphatic carbocycles. The topological polar surface area (TPSA) is 84.7 Å². The number of hydrogen-bond donors (Lipinski definition) is 2. The van der Waals surface area contributed by atoms with Crippen molar-refractivity contribution in [3.05, 3.63) is 28.7 Å². The van der Waals surface area contributed by atoms with E-state index >= 15 is 0 Å². The normalized spacial score (nSPS) is 16.7. The van der Waals surface area contributed by atoms with Crippen LogP contribution in [-0.2, 0) is 14.3 Å². The van der Waals surface area contributed by atoms with E-state index in [1.807, 2.05) is 24.3 Å². The molecule has 1 aliphatic rings. The summed E-state index contributed by atoms with van der Waals surface area (Å²) >= 11 is 3.42. The van der Waals surface area contributed by atoms with Gasteiger partial charge in [-0.05, 0) is 40.9 Å². The van der Waals surface area contributed by atoms with Crippen LogP contribution < -0.4 is 11.1 Å². The number of nitrogens with zero attached hydrogens (tertiary/aromatic N) is 1. The number of rotatable bonds is 6. The van der Waals surface area contributed by atoms with Crippen molar-refractivity contribution in [3.63, 3.8) is 0 Å². The standard InChI is InChI=1S/C17H24BrN3O3/c1-24-13(11-19)10-16(22)21-8-6-12(7-9-21)17(23)20-15-5-3-2-4-14(15)18/h2-5,12-13H,6-11,19H2,1H3,(H,20,23). The molecule has 3 N–H and O–H groups in total. The average molecular weight is 398 g/mol. The quantitative estimate of drug-likeness (QED) is 0.768. The highest BCUT2D eigenvalue weighted by atomic mass is 79.9. The van der Waals surface area contributed by atoms with Gasteiger partial charge < -0.3 is 20.7 Å². The largest absolute Gasteiger partial charge is 0.380 e. The molecule has 132 valence electrons. The van der Waals surface area contributed by atoms with E-state index in [1.165, 1.54) is 0 Å². The Hall–Kier alpha value is -1.44. The van der Waals surface area contributed by atoms with Crippen LogP contribution in [0.4, 0.5) is 5.69 Å². The first-order chi connectivity index (χ1) is 11.5. The number of amides is 2. The molecular formula is C17H24BrN3O3. The lowest BCUT2D eigenvalue weighted by Crippen LogP contribution is -2.43. The highest BCUT2D eigenvalue weighted by Crippen LogP contribution is 2.24. The predicted octanol–water partition coefficient (Wildman–Crippen LogP) is 1.99. The molecule has 0 bridgehead atoms. The van der Waals surface area contributed by atoms with Crippen LogP contribution in [0.2, 0.25) is 0 Å². The zero-order valence-corrected chi connectivity index (χ0v) is 15.4. The molecule has 1 aromatic carbocycles. The first kappa shape index (κ1) is 18.9. The van der Waals surface area contributed by atoms with Crippen molar-refractivity contribution in [3.8, 4) is 0 Å². The second kappa shape index (κ2) is 9.15. The highest BCUT2D eigenvalue weighted by Gasteiger charge is 2.28. The minimum absolute atomic E-state index is 0.00530. The monoisotopic (exact) mass is 397 g/mol. The van der Waals surface area contributed by atoms with E-state index in [0.717, 1.165) is 10.2 Å². The van der Waals surface area contributed by atoms with Gasteiger partial charge in [-0.25, -0.2) is 0 Å². The molecule has 0 saturated carbocycles. The van der Waals surface area contributed by atoms with Crippen molar-refractivity contribution >= 4 is 33.4 Å². The van der Waals surface area contributed by atoms with Crippen LogP contribution in [0, 0.1) is 5.92 Å². The number of piperidine rings is 1. The van der Waals surface area contributed by atoms with Gasteiger partial charge in [0.05, 0.1) is 18.2 Å². The fourth-order valence-electron chi connectivity index (χ4n) is 2.78. The molecule has 1 aliphatic heterocycles. The van der Waals surface area contributed by atoms with Gasteiger partial charge in [-0.2, -0.15) is 0 Å². The Morgan fingerprint density at radius 2 is 2.04 bits per heavy atom. The molecule has 24 heavy (non-hydrogen) atoms. The molecule has 0 aromatic heterocycles. The number of likely N-dealkylation sites (tertiary alicyclic amines) is 1. The molecule has 1 aromatic rings. The predicted molar refractivity (Wildman–Crippen MR) is 96.5 cm³/mol. The highest BCUT2D eigenvalue weighted by molar-refractivity contribution is 9.10. The number of para-hydroxylation sites is 1. The van der Waals surface area contributed by atoms with Crippen molar-refractivity contribution in [2.75, 3.05) is 32.1 Å². The number of benzene rings is 1. The Labute approximate surface area is 150 Å². The van der Waals surface area contributed by atoms with Crippen molar-refractivity contribution in [2.45, 2.75) is 25.4 Å². The summed E-state index contributed by atoms with van der Waals surface area (Å²) in [5.74, 6) is -0.0310. The fraction of sp³-hybridized carbons (Fsp3) is 0.529. The molecule has 0 spiro atoms. The third-order valence-corrected chi connectivity index (χ3v) is 5.04. The Morgan fingerprint density at radius 3 is 2.62 bits per heavy atom. The van der Waals surface area contributed by atoms with E-state index in [1.54, 1.807) is 12.0 Å². The van der Waals surface area contributed by atoms with Crippen LogP contribution in [0.15, 0.2) is 28.7 Å². The number of anilines is 1. The maximum atomic E-state index is 12.4. The van der Waals surface area contributed by atoms with Gasteiger partial charge in [0.2, 0.25) is 11.8 Å². The lowest BCUT2D eigenvalue weighted by molar-refractivity contribution is -0.136. The van der Waals surface area contributed by atoms with Gasteiger partial charge in [0, 0.05) is 37.1 Å². The summed E-state index contributed by atoms with van der Waals surface area (Å²) in [6, 6.07) is 7.53. The fourth-order valence-corrected chi connectivity index (χ4v) is 3.16. The van der Waals surface area contributed by atoms with Crippen molar-refractivity contribution < 1.29 is 14.3 Å². The van der Waals surface area contributed by atoms with Gasteiger partial charge in [-0.3, -0.25) is 9.59 Å². The number of nitrogens with two attached hydrogens (primary N) is 1. The molecular weight excluding hydrogens is 374 g/mol. The van der Waals surface area contributed by atoms with E-state index in [-0.39, 0.29) is 23.8 Å². The van der Waals surface area contributed by atoms with Crippen molar-refractivity contribution in [1.29, 1.82) is 0 Å². The Balaban J connectivity index is 1.83. The lowest BCUT2D eigenvalue weighted by Gasteiger charge is -2.32. The number of nitrogens with one attached hydrogen (secondary N) is 1. The molecule has 0 radical (unpaired) electrons. The number of ether oxygens (including phenoxy) is 1. The summed E-state index contributed by atoms with van der Waals surface area (Å²) in [7, 11) is 1.56. The molecule has 1 unspecified atom stereocenters. The Bertz CT molecular complexity index is 570. The summed E-state index contributed by atoms with van der Waals surface area (Å²) in [4.78, 5) is 26.4. The number of hydrogen-bond acceptors (Lipinski definition) is 4. The second-order valence-corrected chi connectivity index (χ2v) is 6.78. The van der Waals surface area contributed by atoms with E-state index < -0.39 is 0 Å². The van der Waals surface area contributed by atoms with Crippen LogP contribution in [0.3, 0.4) is 0 Å². The Morgan fingerprint density at radius 1 is 1.38 bits per heavy atom. The molecule has 2 rings (SSSR count). The SMILES string of the molecule is COC(CN)CC(=O)N1CCC(C(=O)Nc2ccccc2Br)CC1. The zero-order chi connectivity index (χ0) is 17.5. The maximum Gasteiger partial charge on any atom is 0.227 e. The van der Waals surface area contributed by atoms with E-state index in [9.17, 15) is 9.59 Å². The molecule has 1 fully saturated rings. The molecule has 6 nitrogen and oxygen atoms in total. The number of carbonyl (C=O) groups is 2.